The minimum atomic E-state index is -0.304. The number of rotatable bonds is 9. The maximum Gasteiger partial charge on any atom is 0.337 e. The van der Waals surface area contributed by atoms with E-state index in [0.29, 0.717) is 35.7 Å². The first-order chi connectivity index (χ1) is 19.2. The number of methoxy groups -OCH3 is 2. The third-order valence-electron chi connectivity index (χ3n) is 7.09. The Morgan fingerprint density at radius 1 is 1.15 bits per heavy atom. The molecule has 0 aromatic heterocycles. The number of urea groups is 1. The SMILES string of the molecule is C/C=C\N(C)/C(CNC(=O)c1ccc(C2=NN(C(=O)NC)C(C)Cc3cc(OC)c(OC)cc32)cc1)=C(\C)CC. The summed E-state index contributed by atoms with van der Waals surface area (Å²) in [6, 6.07) is 10.6. The summed E-state index contributed by atoms with van der Waals surface area (Å²) in [6.07, 6.45) is 5.42. The van der Waals surface area contributed by atoms with Gasteiger partial charge >= 0.3 is 6.03 Å². The van der Waals surface area contributed by atoms with Crippen molar-refractivity contribution in [2.75, 3.05) is 34.9 Å². The molecule has 0 saturated heterocycles. The van der Waals surface area contributed by atoms with Gasteiger partial charge in [-0.05, 0) is 69.6 Å². The Morgan fingerprint density at radius 2 is 1.80 bits per heavy atom. The zero-order valence-electron chi connectivity index (χ0n) is 24.8. The topological polar surface area (TPSA) is 95.5 Å². The molecular formula is C31H41N5O4. The van der Waals surface area contributed by atoms with Crippen LogP contribution in [0.25, 0.3) is 0 Å². The molecule has 1 atom stereocenters. The number of hydrogen-bond donors (Lipinski definition) is 2. The molecule has 2 aromatic rings. The molecule has 9 heteroatoms. The Morgan fingerprint density at radius 3 is 2.38 bits per heavy atom. The normalized spacial score (nSPS) is 15.4. The van der Waals surface area contributed by atoms with E-state index in [0.717, 1.165) is 28.8 Å². The summed E-state index contributed by atoms with van der Waals surface area (Å²) in [5.74, 6) is 1.01. The molecule has 1 unspecified atom stereocenters. The Kier molecular flexibility index (Phi) is 10.4. The predicted molar refractivity (Wildman–Crippen MR) is 159 cm³/mol. The fourth-order valence-corrected chi connectivity index (χ4v) is 4.69. The third kappa shape index (κ3) is 6.65. The van der Waals surface area contributed by atoms with E-state index in [1.165, 1.54) is 10.6 Å². The summed E-state index contributed by atoms with van der Waals surface area (Å²) in [7, 11) is 6.75. The fourth-order valence-electron chi connectivity index (χ4n) is 4.69. The van der Waals surface area contributed by atoms with E-state index < -0.39 is 0 Å². The van der Waals surface area contributed by atoms with E-state index in [2.05, 4.69) is 24.5 Å². The third-order valence-corrected chi connectivity index (χ3v) is 7.09. The fraction of sp³-hybridized carbons (Fsp3) is 0.387. The van der Waals surface area contributed by atoms with Gasteiger partial charge in [0.05, 0.1) is 32.5 Å². The molecule has 1 heterocycles. The number of fused-ring (bicyclic) bond motifs is 1. The molecule has 0 aliphatic carbocycles. The molecule has 9 nitrogen and oxygen atoms in total. The van der Waals surface area contributed by atoms with Crippen LogP contribution in [0.1, 0.15) is 61.2 Å². The van der Waals surface area contributed by atoms with Gasteiger partial charge in [0.2, 0.25) is 0 Å². The van der Waals surface area contributed by atoms with E-state index in [-0.39, 0.29) is 18.0 Å². The van der Waals surface area contributed by atoms with Crippen LogP contribution in [0.4, 0.5) is 4.79 Å². The molecule has 214 valence electrons. The summed E-state index contributed by atoms with van der Waals surface area (Å²) < 4.78 is 11.1. The number of allylic oxidation sites excluding steroid dienone is 2. The number of hydrazone groups is 1. The lowest BCUT2D eigenvalue weighted by atomic mass is 9.93. The lowest BCUT2D eigenvalue weighted by molar-refractivity contribution is 0.0955. The average Bonchev–Trinajstić information content (AvgIpc) is 3.11. The molecule has 3 rings (SSSR count). The molecule has 0 spiro atoms. The molecular weight excluding hydrogens is 506 g/mol. The van der Waals surface area contributed by atoms with Gasteiger partial charge in [0, 0.05) is 36.5 Å². The smallest absolute Gasteiger partial charge is 0.337 e. The van der Waals surface area contributed by atoms with Crippen LogP contribution in [0.2, 0.25) is 0 Å². The Bertz CT molecular complexity index is 1310. The molecule has 0 bridgehead atoms. The van der Waals surface area contributed by atoms with Gasteiger partial charge in [-0.15, -0.1) is 0 Å². The first-order valence-corrected chi connectivity index (χ1v) is 13.5. The van der Waals surface area contributed by atoms with Gasteiger partial charge in [-0.2, -0.15) is 5.10 Å². The second kappa shape index (κ2) is 13.7. The van der Waals surface area contributed by atoms with Gasteiger partial charge in [0.25, 0.3) is 5.91 Å². The van der Waals surface area contributed by atoms with Crippen LogP contribution in [0, 0.1) is 0 Å². The minimum Gasteiger partial charge on any atom is -0.493 e. The molecule has 1 aliphatic rings. The number of ether oxygens (including phenoxy) is 2. The van der Waals surface area contributed by atoms with E-state index >= 15 is 0 Å². The molecule has 3 amide bonds. The standard InChI is InChI=1S/C31H41N5O4/c1-9-15-35(6)26(20(3)10-2)19-33-30(37)23-13-11-22(12-14-23)29-25-18-28(40-8)27(39-7)17-24(25)16-21(4)36(34-29)31(38)32-5/h9,11-15,17-18,21H,10,16,19H2,1-8H3,(H,32,38)(H,33,37)/b15-9-,26-20+. The highest BCUT2D eigenvalue weighted by Gasteiger charge is 2.28. The summed E-state index contributed by atoms with van der Waals surface area (Å²) >= 11 is 0. The van der Waals surface area contributed by atoms with Crippen molar-refractivity contribution in [2.45, 2.75) is 46.6 Å². The van der Waals surface area contributed by atoms with E-state index in [9.17, 15) is 9.59 Å². The van der Waals surface area contributed by atoms with Gasteiger partial charge in [-0.1, -0.05) is 30.7 Å². The number of amides is 3. The molecule has 2 N–H and O–H groups in total. The average molecular weight is 548 g/mol. The number of carbonyl (C=O) groups is 2. The number of likely N-dealkylation sites (N-methyl/N-ethyl adjacent to an activating group) is 1. The van der Waals surface area contributed by atoms with Gasteiger partial charge in [0.1, 0.15) is 0 Å². The zero-order valence-corrected chi connectivity index (χ0v) is 24.8. The molecule has 40 heavy (non-hydrogen) atoms. The molecule has 1 aliphatic heterocycles. The lowest BCUT2D eigenvalue weighted by Crippen LogP contribution is -2.41. The summed E-state index contributed by atoms with van der Waals surface area (Å²) in [5, 5.41) is 12.0. The van der Waals surface area contributed by atoms with E-state index in [4.69, 9.17) is 14.6 Å². The van der Waals surface area contributed by atoms with Crippen molar-refractivity contribution in [3.05, 3.63) is 82.2 Å². The first-order valence-electron chi connectivity index (χ1n) is 13.5. The van der Waals surface area contributed by atoms with Crippen molar-refractivity contribution in [1.82, 2.24) is 20.5 Å². The monoisotopic (exact) mass is 547 g/mol. The minimum absolute atomic E-state index is 0.169. The van der Waals surface area contributed by atoms with Crippen LogP contribution in [0.15, 0.2) is 65.0 Å². The Labute approximate surface area is 237 Å². The maximum absolute atomic E-state index is 13.1. The number of carbonyl (C=O) groups excluding carboxylic acids is 2. The van der Waals surface area contributed by atoms with Crippen molar-refractivity contribution in [3.8, 4) is 11.5 Å². The van der Waals surface area contributed by atoms with Gasteiger partial charge < -0.3 is 25.0 Å². The van der Waals surface area contributed by atoms with Crippen LogP contribution >= 0.6 is 0 Å². The van der Waals surface area contributed by atoms with Crippen LogP contribution in [0.3, 0.4) is 0 Å². The van der Waals surface area contributed by atoms with Gasteiger partial charge in [0.15, 0.2) is 11.5 Å². The van der Waals surface area contributed by atoms with Crippen LogP contribution in [-0.4, -0.2) is 68.5 Å². The van der Waals surface area contributed by atoms with Crippen LogP contribution in [0.5, 0.6) is 11.5 Å². The largest absolute Gasteiger partial charge is 0.493 e. The van der Waals surface area contributed by atoms with Crippen molar-refractivity contribution < 1.29 is 19.1 Å². The lowest BCUT2D eigenvalue weighted by Gasteiger charge is -2.22. The highest BCUT2D eigenvalue weighted by atomic mass is 16.5. The van der Waals surface area contributed by atoms with Crippen molar-refractivity contribution in [1.29, 1.82) is 0 Å². The quantitative estimate of drug-likeness (QED) is 0.465. The number of nitrogens with one attached hydrogen (secondary N) is 2. The first kappa shape index (κ1) is 30.3. The van der Waals surface area contributed by atoms with Crippen LogP contribution in [-0.2, 0) is 6.42 Å². The predicted octanol–water partition coefficient (Wildman–Crippen LogP) is 4.92. The van der Waals surface area contributed by atoms with Crippen molar-refractivity contribution in [3.63, 3.8) is 0 Å². The Balaban J connectivity index is 1.97. The van der Waals surface area contributed by atoms with Crippen LogP contribution < -0.4 is 20.1 Å². The molecule has 0 saturated carbocycles. The number of benzene rings is 2. The number of nitrogens with zero attached hydrogens (tertiary/aromatic N) is 3. The Hall–Kier alpha value is -4.27. The molecule has 0 fully saturated rings. The molecule has 0 radical (unpaired) electrons. The summed E-state index contributed by atoms with van der Waals surface area (Å²) in [6.45, 7) is 8.52. The van der Waals surface area contributed by atoms with Gasteiger partial charge in [-0.3, -0.25) is 4.79 Å². The zero-order chi connectivity index (χ0) is 29.4. The van der Waals surface area contributed by atoms with E-state index in [1.807, 2.05) is 62.3 Å². The maximum atomic E-state index is 13.1. The van der Waals surface area contributed by atoms with E-state index in [1.54, 1.807) is 33.4 Å². The molecule has 2 aromatic carbocycles. The van der Waals surface area contributed by atoms with Crippen molar-refractivity contribution >= 4 is 17.6 Å². The highest BCUT2D eigenvalue weighted by Crippen LogP contribution is 2.34. The highest BCUT2D eigenvalue weighted by molar-refractivity contribution is 6.15. The second-order valence-electron chi connectivity index (χ2n) is 9.70. The summed E-state index contributed by atoms with van der Waals surface area (Å²) in [4.78, 5) is 27.8. The van der Waals surface area contributed by atoms with Crippen molar-refractivity contribution in [2.24, 2.45) is 5.10 Å². The number of hydrogen-bond acceptors (Lipinski definition) is 6. The summed E-state index contributed by atoms with van der Waals surface area (Å²) in [5.41, 5.74) is 5.99. The second-order valence-corrected chi connectivity index (χ2v) is 9.70. The van der Waals surface area contributed by atoms with Gasteiger partial charge in [-0.25, -0.2) is 9.80 Å².